The van der Waals surface area contributed by atoms with Crippen LogP contribution in [0.25, 0.3) is 0 Å². The number of ether oxygens (including phenoxy) is 3. The number of rotatable bonds is 12. The van der Waals surface area contributed by atoms with Gasteiger partial charge in [-0.05, 0) is 12.8 Å². The highest BCUT2D eigenvalue weighted by atomic mass is 28.4. The molecular formula is C15H29O7Si. The Hall–Kier alpha value is -0.773. The molecule has 0 aromatic rings. The van der Waals surface area contributed by atoms with Crippen LogP contribution in [0.15, 0.2) is 12.7 Å². The van der Waals surface area contributed by atoms with Gasteiger partial charge in [-0.2, -0.15) is 0 Å². The predicted octanol–water partition coefficient (Wildman–Crippen LogP) is 1.61. The summed E-state index contributed by atoms with van der Waals surface area (Å²) in [6, 6.07) is 0.612. The van der Waals surface area contributed by atoms with Crippen molar-refractivity contribution in [1.82, 2.24) is 0 Å². The van der Waals surface area contributed by atoms with E-state index in [9.17, 15) is 4.79 Å². The van der Waals surface area contributed by atoms with Gasteiger partial charge in [-0.15, -0.1) is 0 Å². The molecule has 0 spiro atoms. The maximum Gasteiger partial charge on any atom is 0.500 e. The third kappa shape index (κ3) is 11.4. The Morgan fingerprint density at radius 2 is 1.87 bits per heavy atom. The van der Waals surface area contributed by atoms with E-state index in [2.05, 4.69) is 13.5 Å². The van der Waals surface area contributed by atoms with Gasteiger partial charge in [-0.25, -0.2) is 4.79 Å². The summed E-state index contributed by atoms with van der Waals surface area (Å²) in [6.45, 7) is 9.66. The standard InChI is InChI=1S/C9H18O5Si.C6H11O2/c1-5-9(10)14-7-6-8-15(11-2,12-3)13-4;1-2-3-7-4-6-5-8-6/h5H,1,6-8H2,2-4H3;6H,1-5H2. The molecule has 1 atom stereocenters. The fourth-order valence-electron chi connectivity index (χ4n) is 1.56. The monoisotopic (exact) mass is 349 g/mol. The van der Waals surface area contributed by atoms with Gasteiger partial charge in [0.1, 0.15) is 6.10 Å². The van der Waals surface area contributed by atoms with E-state index in [-0.39, 0.29) is 0 Å². The lowest BCUT2D eigenvalue weighted by Gasteiger charge is -2.23. The number of hydrogen-bond donors (Lipinski definition) is 0. The van der Waals surface area contributed by atoms with Gasteiger partial charge in [0.25, 0.3) is 0 Å². The molecule has 0 bridgehead atoms. The van der Waals surface area contributed by atoms with Crippen LogP contribution in [-0.4, -0.2) is 68.6 Å². The second kappa shape index (κ2) is 13.6. The molecule has 1 aliphatic rings. The molecule has 0 saturated carbocycles. The van der Waals surface area contributed by atoms with Crippen LogP contribution in [0.1, 0.15) is 12.8 Å². The highest BCUT2D eigenvalue weighted by Crippen LogP contribution is 2.14. The first kappa shape index (κ1) is 22.2. The second-order valence-electron chi connectivity index (χ2n) is 4.65. The van der Waals surface area contributed by atoms with Crippen molar-refractivity contribution in [2.45, 2.75) is 25.0 Å². The van der Waals surface area contributed by atoms with Crippen molar-refractivity contribution < 1.29 is 32.3 Å². The highest BCUT2D eigenvalue weighted by Gasteiger charge is 2.36. The summed E-state index contributed by atoms with van der Waals surface area (Å²) in [7, 11) is 2.13. The van der Waals surface area contributed by atoms with Crippen LogP contribution in [0.4, 0.5) is 0 Å². The number of hydrogen-bond acceptors (Lipinski definition) is 7. The summed E-state index contributed by atoms with van der Waals surface area (Å²) in [4.78, 5) is 10.7. The molecule has 0 N–H and O–H groups in total. The third-order valence-electron chi connectivity index (χ3n) is 2.97. The Labute approximate surface area is 140 Å². The topological polar surface area (TPSA) is 75.8 Å². The molecule has 8 heteroatoms. The summed E-state index contributed by atoms with van der Waals surface area (Å²) in [5.74, 6) is -0.422. The predicted molar refractivity (Wildman–Crippen MR) is 87.9 cm³/mol. The van der Waals surface area contributed by atoms with Crippen LogP contribution >= 0.6 is 0 Å². The highest BCUT2D eigenvalue weighted by molar-refractivity contribution is 6.60. The fourth-order valence-corrected chi connectivity index (χ4v) is 3.25. The minimum absolute atomic E-state index is 0.315. The molecule has 0 aromatic carbocycles. The molecule has 23 heavy (non-hydrogen) atoms. The van der Waals surface area contributed by atoms with Gasteiger partial charge < -0.3 is 27.5 Å². The molecule has 0 aromatic heterocycles. The summed E-state index contributed by atoms with van der Waals surface area (Å²) in [5.41, 5.74) is 0. The largest absolute Gasteiger partial charge is 0.500 e. The van der Waals surface area contributed by atoms with Crippen LogP contribution in [0, 0.1) is 6.92 Å². The zero-order chi connectivity index (χ0) is 17.6. The zero-order valence-corrected chi connectivity index (χ0v) is 15.4. The van der Waals surface area contributed by atoms with Crippen LogP contribution in [0.2, 0.25) is 6.04 Å². The first-order valence-corrected chi connectivity index (χ1v) is 9.43. The van der Waals surface area contributed by atoms with E-state index in [0.717, 1.165) is 32.3 Å². The minimum atomic E-state index is -2.52. The van der Waals surface area contributed by atoms with Crippen LogP contribution in [0.5, 0.6) is 0 Å². The van der Waals surface area contributed by atoms with E-state index in [1.54, 1.807) is 21.3 Å². The molecule has 1 saturated heterocycles. The van der Waals surface area contributed by atoms with E-state index in [1.807, 2.05) is 0 Å². The average Bonchev–Trinajstić information content (AvgIpc) is 3.40. The van der Waals surface area contributed by atoms with Gasteiger partial charge in [-0.1, -0.05) is 13.5 Å². The van der Waals surface area contributed by atoms with Gasteiger partial charge in [0.05, 0.1) is 19.8 Å². The lowest BCUT2D eigenvalue weighted by atomic mass is 10.5. The molecule has 0 aliphatic carbocycles. The average molecular weight is 349 g/mol. The molecule has 0 amide bonds. The molecular weight excluding hydrogens is 320 g/mol. The van der Waals surface area contributed by atoms with Crippen LogP contribution in [-0.2, 0) is 32.3 Å². The number of epoxide rings is 1. The second-order valence-corrected chi connectivity index (χ2v) is 7.75. The Bertz CT molecular complexity index is 309. The summed E-state index contributed by atoms with van der Waals surface area (Å²) in [6.07, 6.45) is 3.03. The van der Waals surface area contributed by atoms with Gasteiger partial charge >= 0.3 is 14.8 Å². The quantitative estimate of drug-likeness (QED) is 0.174. The number of carbonyl (C=O) groups excluding carboxylic acids is 1. The Balaban J connectivity index is 0.000000502. The van der Waals surface area contributed by atoms with E-state index in [0.29, 0.717) is 25.2 Å². The lowest BCUT2D eigenvalue weighted by molar-refractivity contribution is -0.137. The van der Waals surface area contributed by atoms with Crippen molar-refractivity contribution >= 4 is 14.8 Å². The molecule has 1 heterocycles. The van der Waals surface area contributed by atoms with Gasteiger partial charge in [-0.3, -0.25) is 0 Å². The Morgan fingerprint density at radius 1 is 1.26 bits per heavy atom. The van der Waals surface area contributed by atoms with E-state index >= 15 is 0 Å². The van der Waals surface area contributed by atoms with Crippen molar-refractivity contribution in [2.24, 2.45) is 0 Å². The minimum Gasteiger partial charge on any atom is -0.463 e. The maximum absolute atomic E-state index is 10.7. The van der Waals surface area contributed by atoms with E-state index < -0.39 is 14.8 Å². The number of esters is 1. The zero-order valence-electron chi connectivity index (χ0n) is 14.4. The van der Waals surface area contributed by atoms with Crippen molar-refractivity contribution in [3.8, 4) is 0 Å². The van der Waals surface area contributed by atoms with Gasteiger partial charge in [0.15, 0.2) is 0 Å². The van der Waals surface area contributed by atoms with E-state index in [1.165, 1.54) is 0 Å². The van der Waals surface area contributed by atoms with Crippen LogP contribution in [0.3, 0.4) is 0 Å². The molecule has 1 rings (SSSR count). The van der Waals surface area contributed by atoms with Gasteiger partial charge in [0, 0.05) is 40.1 Å². The normalized spacial score (nSPS) is 16.3. The Morgan fingerprint density at radius 3 is 2.30 bits per heavy atom. The summed E-state index contributed by atoms with van der Waals surface area (Å²) >= 11 is 0. The first-order chi connectivity index (χ1) is 11.1. The first-order valence-electron chi connectivity index (χ1n) is 7.50. The molecule has 1 aliphatic heterocycles. The molecule has 7 nitrogen and oxygen atoms in total. The van der Waals surface area contributed by atoms with Crippen LogP contribution < -0.4 is 0 Å². The Kier molecular flexibility index (Phi) is 13.2. The van der Waals surface area contributed by atoms with Crippen molar-refractivity contribution in [2.75, 3.05) is 47.8 Å². The molecule has 135 valence electrons. The third-order valence-corrected chi connectivity index (χ3v) is 5.80. The molecule has 1 fully saturated rings. The van der Waals surface area contributed by atoms with Crippen molar-refractivity contribution in [3.05, 3.63) is 19.6 Å². The van der Waals surface area contributed by atoms with Gasteiger partial charge in [0.2, 0.25) is 0 Å². The smallest absolute Gasteiger partial charge is 0.463 e. The fraction of sp³-hybridized carbons (Fsp3) is 0.733. The van der Waals surface area contributed by atoms with Crippen molar-refractivity contribution in [1.29, 1.82) is 0 Å². The maximum atomic E-state index is 10.7. The summed E-state index contributed by atoms with van der Waals surface area (Å²) < 4.78 is 30.5. The van der Waals surface area contributed by atoms with E-state index in [4.69, 9.17) is 27.5 Å². The lowest BCUT2D eigenvalue weighted by Crippen LogP contribution is -2.42. The van der Waals surface area contributed by atoms with Crippen molar-refractivity contribution in [3.63, 3.8) is 0 Å². The number of carbonyl (C=O) groups is 1. The molecule has 1 radical (unpaired) electrons. The SMILES string of the molecule is C=CC(=O)OCCC[Si](OC)(OC)OC.[CH2]CCOCC1CO1. The molecule has 1 unspecified atom stereocenters. The summed E-state index contributed by atoms with van der Waals surface area (Å²) in [5, 5.41) is 0.